The molecule has 5 aromatic carbocycles. The number of rotatable bonds is 17. The van der Waals surface area contributed by atoms with Crippen molar-refractivity contribution < 1.29 is 34.5 Å². The highest BCUT2D eigenvalue weighted by Crippen LogP contribution is 2.30. The van der Waals surface area contributed by atoms with Crippen molar-refractivity contribution in [2.24, 2.45) is 23.5 Å². The normalized spacial score (nSPS) is 12.7. The number of fused-ring (bicyclic) bond motifs is 5. The number of phenolic OH excluding ortho intramolecular Hbond substituents is 1. The molecular weight excluding hydrogens is 1160 g/mol. The summed E-state index contributed by atoms with van der Waals surface area (Å²) in [7, 11) is 1.91. The van der Waals surface area contributed by atoms with E-state index in [1.54, 1.807) is 49.6 Å². The Hall–Kier alpha value is -8.25. The van der Waals surface area contributed by atoms with Crippen LogP contribution in [-0.4, -0.2) is 87.1 Å². The van der Waals surface area contributed by atoms with Gasteiger partial charge in [-0.05, 0) is 155 Å². The highest BCUT2D eigenvalue weighted by Gasteiger charge is 2.19. The molecule has 0 aliphatic heterocycles. The number of phenols is 1. The SMILES string of the molecule is C.CC(=O)[C@@H](C)Cc1c[nH]c2ccc(C)cc12.CNc1nc([C@@H](C)Cc2c[nH]c3ccc(C)cc23)cs1.Cc1ccc2[nH]cc(C[C@H](C)C(=O)CBr)c2c1.Cc1ccc2[nH]cc(C[C@H](C)C(=O)O)c2c1.N[C@@H](Cc1c[nH]c2ccc(O)cc12)C(=O)O. The van der Waals surface area contributed by atoms with Gasteiger partial charge in [0.1, 0.15) is 23.4 Å². The van der Waals surface area contributed by atoms with Gasteiger partial charge >= 0.3 is 11.9 Å². The van der Waals surface area contributed by atoms with Crippen LogP contribution in [0.4, 0.5) is 5.13 Å². The Balaban J connectivity index is 0.000000172. The van der Waals surface area contributed by atoms with Crippen molar-refractivity contribution in [2.45, 2.75) is 114 Å². The third kappa shape index (κ3) is 17.7. The summed E-state index contributed by atoms with van der Waals surface area (Å²) in [5.74, 6) is -0.886. The van der Waals surface area contributed by atoms with Crippen LogP contribution in [-0.2, 0) is 51.3 Å². The summed E-state index contributed by atoms with van der Waals surface area (Å²) in [6.45, 7) is 17.9. The number of nitrogens with zero attached hydrogens (tertiary/aromatic N) is 1. The van der Waals surface area contributed by atoms with E-state index in [9.17, 15) is 24.3 Å². The summed E-state index contributed by atoms with van der Waals surface area (Å²) < 4.78 is 0. The topological polar surface area (TPSA) is 259 Å². The number of carbonyl (C=O) groups excluding carboxylic acids is 2. The fourth-order valence-corrected chi connectivity index (χ4v) is 11.4. The monoisotopic (exact) mass is 1250 g/mol. The lowest BCUT2D eigenvalue weighted by Gasteiger charge is -2.08. The molecule has 0 bridgehead atoms. The molecule has 0 fully saturated rings. The summed E-state index contributed by atoms with van der Waals surface area (Å²) in [5.41, 5.74) is 22.8. The maximum atomic E-state index is 11.6. The second kappa shape index (κ2) is 30.7. The summed E-state index contributed by atoms with van der Waals surface area (Å²) in [4.78, 5) is 64.9. The predicted molar refractivity (Wildman–Crippen MR) is 358 cm³/mol. The minimum absolute atomic E-state index is 0. The zero-order valence-corrected chi connectivity index (χ0v) is 52.4. The number of carbonyl (C=O) groups is 4. The number of nitrogens with two attached hydrogens (primary N) is 1. The molecule has 0 spiro atoms. The maximum absolute atomic E-state index is 11.6. The highest BCUT2D eigenvalue weighted by atomic mass is 79.9. The molecule has 6 aromatic heterocycles. The lowest BCUT2D eigenvalue weighted by Crippen LogP contribution is -2.32. The fraction of sp³-hybridized carbons (Fsp3) is 0.319. The number of anilines is 1. The smallest absolute Gasteiger partial charge is 0.320 e. The van der Waals surface area contributed by atoms with E-state index in [-0.39, 0.29) is 48.9 Å². The molecule has 5 atom stereocenters. The molecule has 11 rings (SSSR count). The van der Waals surface area contributed by atoms with Crippen molar-refractivity contribution in [1.29, 1.82) is 0 Å². The third-order valence-corrected chi connectivity index (χ3v) is 16.8. The number of ketones is 2. The molecule has 17 heteroatoms. The van der Waals surface area contributed by atoms with Crippen LogP contribution in [0.3, 0.4) is 0 Å². The van der Waals surface area contributed by atoms with Gasteiger partial charge in [0.2, 0.25) is 0 Å². The Morgan fingerprint density at radius 2 is 0.907 bits per heavy atom. The average molecular weight is 1250 g/mol. The first-order valence-electron chi connectivity index (χ1n) is 28.5. The molecule has 0 saturated carbocycles. The van der Waals surface area contributed by atoms with E-state index in [4.69, 9.17) is 15.9 Å². The van der Waals surface area contributed by atoms with Gasteiger partial charge in [-0.2, -0.15) is 0 Å². The van der Waals surface area contributed by atoms with Gasteiger partial charge in [0.05, 0.1) is 16.9 Å². The molecule has 15 nitrogen and oxygen atoms in total. The van der Waals surface area contributed by atoms with Crippen molar-refractivity contribution in [3.63, 3.8) is 0 Å². The largest absolute Gasteiger partial charge is 0.508 e. The molecule has 11 N–H and O–H groups in total. The molecule has 0 saturated heterocycles. The van der Waals surface area contributed by atoms with Gasteiger partial charge in [0, 0.05) is 122 Å². The van der Waals surface area contributed by atoms with Crippen molar-refractivity contribution in [1.82, 2.24) is 29.9 Å². The number of hydrogen-bond acceptors (Lipinski definition) is 9. The number of carboxylic acids is 2. The zero-order chi connectivity index (χ0) is 61.6. The molecule has 0 unspecified atom stereocenters. The number of hydrogen-bond donors (Lipinski definition) is 10. The van der Waals surface area contributed by atoms with E-state index in [1.807, 2.05) is 58.5 Å². The van der Waals surface area contributed by atoms with Crippen LogP contribution in [0.1, 0.15) is 104 Å². The first-order chi connectivity index (χ1) is 40.5. The van der Waals surface area contributed by atoms with E-state index in [0.717, 1.165) is 68.4 Å². The van der Waals surface area contributed by atoms with Gasteiger partial charge in [-0.3, -0.25) is 19.2 Å². The Kier molecular flexibility index (Phi) is 23.9. The van der Waals surface area contributed by atoms with Gasteiger partial charge in [-0.1, -0.05) is 97.6 Å². The number of benzene rings is 5. The van der Waals surface area contributed by atoms with E-state index in [0.29, 0.717) is 17.7 Å². The van der Waals surface area contributed by atoms with E-state index >= 15 is 0 Å². The van der Waals surface area contributed by atoms with Crippen LogP contribution in [0.5, 0.6) is 5.75 Å². The number of H-pyrrole nitrogens is 5. The third-order valence-electron chi connectivity index (χ3n) is 15.3. The fourth-order valence-electron chi connectivity index (χ4n) is 10.0. The molecule has 454 valence electrons. The second-order valence-electron chi connectivity index (χ2n) is 22.4. The number of Topliss-reactive ketones (excluding diaryl/α,β-unsaturated/α-hetero) is 2. The molecule has 0 amide bonds. The molecule has 0 aliphatic carbocycles. The van der Waals surface area contributed by atoms with Gasteiger partial charge in [0.25, 0.3) is 0 Å². The Morgan fingerprint density at radius 3 is 1.27 bits per heavy atom. The first-order valence-corrected chi connectivity index (χ1v) is 30.5. The summed E-state index contributed by atoms with van der Waals surface area (Å²) in [5, 5.41) is 39.4. The van der Waals surface area contributed by atoms with Crippen LogP contribution in [0.2, 0.25) is 0 Å². The number of carboxylic acid groups (broad SMARTS) is 2. The average Bonchev–Trinajstić information content (AvgIpc) is 2.29. The Labute approximate surface area is 515 Å². The van der Waals surface area contributed by atoms with E-state index in [2.05, 4.69) is 151 Å². The molecule has 0 radical (unpaired) electrons. The Bertz CT molecular complexity index is 3840. The highest BCUT2D eigenvalue weighted by molar-refractivity contribution is 9.09. The minimum atomic E-state index is -1.03. The van der Waals surface area contributed by atoms with E-state index in [1.165, 1.54) is 66.3 Å². The van der Waals surface area contributed by atoms with E-state index < -0.39 is 18.0 Å². The van der Waals surface area contributed by atoms with Crippen LogP contribution < -0.4 is 11.1 Å². The number of aryl methyl sites for hydroxylation is 4. The number of aromatic hydroxyl groups is 1. The summed E-state index contributed by atoms with van der Waals surface area (Å²) >= 11 is 4.89. The quantitative estimate of drug-likeness (QED) is 0.0386. The van der Waals surface area contributed by atoms with Crippen molar-refractivity contribution >= 4 is 110 Å². The van der Waals surface area contributed by atoms with Crippen LogP contribution in [0.25, 0.3) is 54.5 Å². The predicted octanol–water partition coefficient (Wildman–Crippen LogP) is 15.4. The minimum Gasteiger partial charge on any atom is -0.508 e. The molecule has 11 aromatic rings. The van der Waals surface area contributed by atoms with Crippen LogP contribution in [0, 0.1) is 45.4 Å². The molecular formula is C69H83BrN8O7S. The lowest BCUT2D eigenvalue weighted by molar-refractivity contribution is -0.141. The number of aromatic nitrogens is 6. The number of nitrogens with one attached hydrogen (secondary N) is 6. The van der Waals surface area contributed by atoms with Gasteiger partial charge in [-0.25, -0.2) is 4.98 Å². The molecule has 0 aliphatic rings. The summed E-state index contributed by atoms with van der Waals surface area (Å²) in [6.07, 6.45) is 13.2. The Morgan fingerprint density at radius 1 is 0.547 bits per heavy atom. The van der Waals surface area contributed by atoms with Gasteiger partial charge in [-0.15, -0.1) is 11.3 Å². The van der Waals surface area contributed by atoms with Gasteiger partial charge in [0.15, 0.2) is 5.13 Å². The molecule has 86 heavy (non-hydrogen) atoms. The first kappa shape index (κ1) is 66.9. The maximum Gasteiger partial charge on any atom is 0.320 e. The van der Waals surface area contributed by atoms with Gasteiger partial charge < -0.3 is 51.3 Å². The van der Waals surface area contributed by atoms with Crippen molar-refractivity contribution in [3.8, 4) is 5.75 Å². The molecule has 6 heterocycles. The van der Waals surface area contributed by atoms with Crippen molar-refractivity contribution in [2.75, 3.05) is 17.7 Å². The standard InChI is InChI=1S/C16H19N3S.C14H16BrNO.C14H17NO.C13H15NO2.C11H12N2O3.CH4/c1-10-4-5-14-13(6-10)12(8-18-14)7-11(2)15-9-20-16(17-3)19-15;1-9-3-4-13-12(5-9)11(8-16-13)6-10(2)14(17)7-15;1-9-4-5-14-13(6-9)12(8-15-14)7-10(2)11(3)16;1-8-3-4-12-11(5-8)10(7-14-12)6-9(2)13(15)16;12-9(11(15)16)3-6-5-13-10-2-1-7(14)4-8(6)10;/h4-6,8-9,11,18H,7H2,1-3H3,(H,17,19);3-5,8,10,16H,6-7H2,1-2H3;4-6,8,10,15H,7H2,1-3H3;3-5,7,9,14H,6H2,1-2H3,(H,15,16);1-2,4-5,9,13-14H,3,12H2,(H,15,16);1H4/t11-;2*10-;2*9-;/m00000./s1. The van der Waals surface area contributed by atoms with Crippen molar-refractivity contribution in [3.05, 3.63) is 183 Å². The zero-order valence-electron chi connectivity index (χ0n) is 50.0. The van der Waals surface area contributed by atoms with Crippen LogP contribution >= 0.6 is 27.3 Å². The number of alkyl halides is 1. The van der Waals surface area contributed by atoms with Crippen LogP contribution in [0.15, 0.2) is 127 Å². The second-order valence-corrected chi connectivity index (χ2v) is 23.9. The summed E-state index contributed by atoms with van der Waals surface area (Å²) in [6, 6.07) is 29.4. The number of halogens is 1. The number of aromatic amines is 5. The number of aliphatic carboxylic acids is 2. The number of thiazole rings is 1. The lowest BCUT2D eigenvalue weighted by atomic mass is 9.97.